The van der Waals surface area contributed by atoms with Crippen LogP contribution < -0.4 is 5.32 Å². The van der Waals surface area contributed by atoms with Gasteiger partial charge in [0.05, 0.1) is 18.1 Å². The lowest BCUT2D eigenvalue weighted by Gasteiger charge is -2.31. The third kappa shape index (κ3) is 4.65. The van der Waals surface area contributed by atoms with Gasteiger partial charge in [0.15, 0.2) is 14.9 Å². The normalized spacial score (nSPS) is 19.5. The second kappa shape index (κ2) is 7.59. The maximum absolute atomic E-state index is 11.8. The molecule has 5 nitrogen and oxygen atoms in total. The lowest BCUT2D eigenvalue weighted by molar-refractivity contribution is 0.166. The first-order chi connectivity index (χ1) is 10.8. The number of ether oxygens (including phenoxy) is 1. The van der Waals surface area contributed by atoms with Gasteiger partial charge in [0.1, 0.15) is 0 Å². The van der Waals surface area contributed by atoms with E-state index in [1.54, 1.807) is 7.11 Å². The monoisotopic (exact) mass is 356 g/mol. The summed E-state index contributed by atoms with van der Waals surface area (Å²) in [7, 11) is -1.33. The molecule has 0 radical (unpaired) electrons. The second-order valence-electron chi connectivity index (χ2n) is 5.92. The van der Waals surface area contributed by atoms with Crippen LogP contribution in [-0.4, -0.2) is 56.2 Å². The fourth-order valence-corrected chi connectivity index (χ4v) is 4.82. The molecule has 0 aromatic heterocycles. The summed E-state index contributed by atoms with van der Waals surface area (Å²) in [5.74, 6) is 0.387. The summed E-state index contributed by atoms with van der Waals surface area (Å²) >= 11 is 5.55. The summed E-state index contributed by atoms with van der Waals surface area (Å²) in [6.07, 6.45) is 0.612. The van der Waals surface area contributed by atoms with Crippen LogP contribution in [0.3, 0.4) is 0 Å². The van der Waals surface area contributed by atoms with Gasteiger partial charge in [0, 0.05) is 25.4 Å². The van der Waals surface area contributed by atoms with Crippen molar-refractivity contribution in [3.63, 3.8) is 0 Å². The average Bonchev–Trinajstić information content (AvgIpc) is 2.84. The van der Waals surface area contributed by atoms with E-state index in [-0.39, 0.29) is 17.5 Å². The molecule has 1 N–H and O–H groups in total. The Bertz CT molecular complexity index is 674. The molecule has 1 atom stereocenters. The number of hydrogen-bond donors (Lipinski definition) is 1. The quantitative estimate of drug-likeness (QED) is 0.816. The average molecular weight is 357 g/mol. The molecule has 1 aromatic rings. The molecule has 0 amide bonds. The minimum absolute atomic E-state index is 0.0831. The molecule has 0 unspecified atom stereocenters. The molecule has 0 aliphatic carbocycles. The van der Waals surface area contributed by atoms with E-state index in [2.05, 4.69) is 18.3 Å². The van der Waals surface area contributed by atoms with Crippen molar-refractivity contribution >= 4 is 32.9 Å². The Morgan fingerprint density at radius 2 is 2.17 bits per heavy atom. The van der Waals surface area contributed by atoms with Crippen molar-refractivity contribution in [2.75, 3.05) is 37.1 Å². The number of nitrogens with one attached hydrogen (secondary N) is 1. The van der Waals surface area contributed by atoms with E-state index in [0.29, 0.717) is 24.7 Å². The second-order valence-corrected chi connectivity index (χ2v) is 8.54. The van der Waals surface area contributed by atoms with E-state index in [1.807, 2.05) is 24.0 Å². The summed E-state index contributed by atoms with van der Waals surface area (Å²) in [6.45, 7) is 5.17. The molecule has 1 saturated heterocycles. The fraction of sp³-hybridized carbons (Fsp3) is 0.562. The highest BCUT2D eigenvalue weighted by Crippen LogP contribution is 2.22. The smallest absolute Gasteiger partial charge is 0.173 e. The van der Waals surface area contributed by atoms with Gasteiger partial charge in [-0.3, -0.25) is 0 Å². The Balaban J connectivity index is 2.15. The number of sulfone groups is 1. The molecule has 7 heteroatoms. The Kier molecular flexibility index (Phi) is 6.00. The van der Waals surface area contributed by atoms with Gasteiger partial charge in [-0.25, -0.2) is 8.42 Å². The van der Waals surface area contributed by atoms with Crippen molar-refractivity contribution < 1.29 is 13.2 Å². The highest BCUT2D eigenvalue weighted by Gasteiger charge is 2.33. The molecule has 0 bridgehead atoms. The zero-order valence-electron chi connectivity index (χ0n) is 13.8. The first-order valence-electron chi connectivity index (χ1n) is 7.67. The van der Waals surface area contributed by atoms with Crippen LogP contribution in [0.25, 0.3) is 0 Å². The number of nitrogens with zero attached hydrogens (tertiary/aromatic N) is 1. The van der Waals surface area contributed by atoms with Gasteiger partial charge >= 0.3 is 0 Å². The predicted molar refractivity (Wildman–Crippen MR) is 97.8 cm³/mol. The zero-order valence-corrected chi connectivity index (χ0v) is 15.5. The number of aryl methyl sites for hydroxylation is 1. The Labute approximate surface area is 143 Å². The molecule has 23 heavy (non-hydrogen) atoms. The van der Waals surface area contributed by atoms with Gasteiger partial charge in [0.25, 0.3) is 0 Å². The third-order valence-electron chi connectivity index (χ3n) is 4.29. The fourth-order valence-electron chi connectivity index (χ4n) is 2.73. The van der Waals surface area contributed by atoms with Gasteiger partial charge < -0.3 is 15.0 Å². The Morgan fingerprint density at radius 1 is 1.43 bits per heavy atom. The van der Waals surface area contributed by atoms with Crippen LogP contribution in [-0.2, 0) is 14.6 Å². The van der Waals surface area contributed by atoms with Crippen LogP contribution in [0.4, 0.5) is 5.69 Å². The van der Waals surface area contributed by atoms with E-state index >= 15 is 0 Å². The molecule has 128 valence electrons. The largest absolute Gasteiger partial charge is 0.383 e. The predicted octanol–water partition coefficient (Wildman–Crippen LogP) is 2.14. The number of benzene rings is 1. The van der Waals surface area contributed by atoms with E-state index in [4.69, 9.17) is 17.0 Å². The molecule has 1 fully saturated rings. The highest BCUT2D eigenvalue weighted by atomic mass is 32.2. The first kappa shape index (κ1) is 18.2. The standard InChI is InChI=1S/C16H24N2O3S2/c1-12-5-4-6-15(13(12)2)17-16(22)18(8-9-21-3)14-7-10-23(19,20)11-14/h4-6,14H,7-11H2,1-3H3,(H,17,22)/t14-/m0/s1. The summed E-state index contributed by atoms with van der Waals surface area (Å²) in [5.41, 5.74) is 3.28. The summed E-state index contributed by atoms with van der Waals surface area (Å²) in [5, 5.41) is 3.82. The molecule has 2 rings (SSSR count). The lowest BCUT2D eigenvalue weighted by atomic mass is 10.1. The van der Waals surface area contributed by atoms with E-state index in [1.165, 1.54) is 5.56 Å². The van der Waals surface area contributed by atoms with Crippen LogP contribution in [0.1, 0.15) is 17.5 Å². The van der Waals surface area contributed by atoms with Crippen LogP contribution in [0.5, 0.6) is 0 Å². The molecule has 0 spiro atoms. The molecule has 1 aliphatic heterocycles. The maximum atomic E-state index is 11.8. The summed E-state index contributed by atoms with van der Waals surface area (Å²) in [6, 6.07) is 5.93. The number of rotatable bonds is 5. The Morgan fingerprint density at radius 3 is 2.78 bits per heavy atom. The first-order valence-corrected chi connectivity index (χ1v) is 9.90. The maximum Gasteiger partial charge on any atom is 0.173 e. The van der Waals surface area contributed by atoms with Crippen molar-refractivity contribution in [1.29, 1.82) is 0 Å². The number of thiocarbonyl (C=S) groups is 1. The molecule has 1 aromatic carbocycles. The van der Waals surface area contributed by atoms with Crippen LogP contribution in [0.2, 0.25) is 0 Å². The van der Waals surface area contributed by atoms with E-state index in [0.717, 1.165) is 11.3 Å². The minimum atomic E-state index is -2.96. The zero-order chi connectivity index (χ0) is 17.0. The van der Waals surface area contributed by atoms with Gasteiger partial charge in [-0.05, 0) is 49.7 Å². The molecule has 1 heterocycles. The van der Waals surface area contributed by atoms with Crippen molar-refractivity contribution in [1.82, 2.24) is 4.90 Å². The van der Waals surface area contributed by atoms with Crippen LogP contribution in [0.15, 0.2) is 18.2 Å². The highest BCUT2D eigenvalue weighted by molar-refractivity contribution is 7.91. The minimum Gasteiger partial charge on any atom is -0.383 e. The molecule has 0 saturated carbocycles. The number of hydrogen-bond acceptors (Lipinski definition) is 4. The third-order valence-corrected chi connectivity index (χ3v) is 6.38. The van der Waals surface area contributed by atoms with Crippen molar-refractivity contribution in [3.05, 3.63) is 29.3 Å². The van der Waals surface area contributed by atoms with Crippen LogP contribution in [0, 0.1) is 13.8 Å². The van der Waals surface area contributed by atoms with E-state index < -0.39 is 9.84 Å². The van der Waals surface area contributed by atoms with Gasteiger partial charge in [-0.15, -0.1) is 0 Å². The van der Waals surface area contributed by atoms with Gasteiger partial charge in [0.2, 0.25) is 0 Å². The van der Waals surface area contributed by atoms with Gasteiger partial charge in [-0.1, -0.05) is 12.1 Å². The topological polar surface area (TPSA) is 58.6 Å². The lowest BCUT2D eigenvalue weighted by Crippen LogP contribution is -2.45. The van der Waals surface area contributed by atoms with Crippen molar-refractivity contribution in [3.8, 4) is 0 Å². The molecular formula is C16H24N2O3S2. The molecule has 1 aliphatic rings. The van der Waals surface area contributed by atoms with E-state index in [9.17, 15) is 8.42 Å². The summed E-state index contributed by atoms with van der Waals surface area (Å²) in [4.78, 5) is 1.95. The number of methoxy groups -OCH3 is 1. The number of anilines is 1. The van der Waals surface area contributed by atoms with Crippen molar-refractivity contribution in [2.24, 2.45) is 0 Å². The summed E-state index contributed by atoms with van der Waals surface area (Å²) < 4.78 is 28.7. The van der Waals surface area contributed by atoms with Gasteiger partial charge in [-0.2, -0.15) is 0 Å². The Hall–Kier alpha value is -1.18. The molecular weight excluding hydrogens is 332 g/mol. The van der Waals surface area contributed by atoms with Crippen molar-refractivity contribution in [2.45, 2.75) is 26.3 Å². The SMILES string of the molecule is COCCN(C(=S)Nc1cccc(C)c1C)[C@H]1CCS(=O)(=O)C1. The van der Waals surface area contributed by atoms with Crippen LogP contribution >= 0.6 is 12.2 Å².